The van der Waals surface area contributed by atoms with Crippen molar-refractivity contribution >= 4 is 15.2 Å². The maximum absolute atomic E-state index is 11.7. The highest BCUT2D eigenvalue weighted by atomic mass is 31.2. The minimum atomic E-state index is -4.82. The van der Waals surface area contributed by atoms with Crippen LogP contribution in [0.2, 0.25) is 0 Å². The highest BCUT2D eigenvalue weighted by Gasteiger charge is 2.45. The molecule has 142 valence electrons. The molecule has 1 aromatic heterocycles. The first-order valence-corrected chi connectivity index (χ1v) is 10.3. The van der Waals surface area contributed by atoms with Crippen LogP contribution in [0.25, 0.3) is 0 Å². The van der Waals surface area contributed by atoms with E-state index >= 15 is 0 Å². The van der Waals surface area contributed by atoms with Crippen molar-refractivity contribution in [1.82, 2.24) is 9.55 Å². The number of rotatable bonds is 6. The van der Waals surface area contributed by atoms with E-state index in [9.17, 15) is 33.8 Å². The lowest BCUT2D eigenvalue weighted by Gasteiger charge is -2.18. The molecule has 2 rings (SSSR count). The van der Waals surface area contributed by atoms with Gasteiger partial charge >= 0.3 is 20.9 Å². The zero-order valence-electron chi connectivity index (χ0n) is 12.4. The van der Waals surface area contributed by atoms with Gasteiger partial charge in [-0.15, -0.1) is 0 Å². The van der Waals surface area contributed by atoms with Gasteiger partial charge in [0.15, 0.2) is 12.1 Å². The molecule has 0 radical (unpaired) electrons. The number of aliphatic hydroxyl groups excluding tert-OH is 2. The number of H-pyrrole nitrogens is 1. The molecular weight excluding hydrogens is 386 g/mol. The van der Waals surface area contributed by atoms with Gasteiger partial charge in [-0.05, 0) is 0 Å². The van der Waals surface area contributed by atoms with Crippen LogP contribution in [0.5, 0.6) is 0 Å². The minimum Gasteiger partial charge on any atom is -0.387 e. The fraction of sp³-hybridized carbons (Fsp3) is 0.600. The van der Waals surface area contributed by atoms with Crippen molar-refractivity contribution in [3.63, 3.8) is 0 Å². The molecule has 13 nitrogen and oxygen atoms in total. The fourth-order valence-electron chi connectivity index (χ4n) is 2.19. The van der Waals surface area contributed by atoms with Crippen molar-refractivity contribution in [3.05, 3.63) is 33.1 Å². The van der Waals surface area contributed by atoms with E-state index in [2.05, 4.69) is 4.52 Å². The summed E-state index contributed by atoms with van der Waals surface area (Å²) < 4.78 is 32.8. The lowest BCUT2D eigenvalue weighted by molar-refractivity contribution is -0.0524. The van der Waals surface area contributed by atoms with E-state index < -0.39 is 63.5 Å². The van der Waals surface area contributed by atoms with Crippen molar-refractivity contribution < 1.29 is 43.3 Å². The van der Waals surface area contributed by atoms with Crippen molar-refractivity contribution in [2.45, 2.75) is 24.5 Å². The number of nitrogens with one attached hydrogen (secondary N) is 1. The molecule has 2 heterocycles. The highest BCUT2D eigenvalue weighted by molar-refractivity contribution is 7.70. The quantitative estimate of drug-likeness (QED) is 0.274. The Hall–Kier alpha value is -1.14. The number of aromatic amines is 1. The Morgan fingerprint density at radius 3 is 2.40 bits per heavy atom. The number of hydrogen-bond acceptors (Lipinski definition) is 8. The summed E-state index contributed by atoms with van der Waals surface area (Å²) in [4.78, 5) is 51.4. The average molecular weight is 402 g/mol. The Labute approximate surface area is 139 Å². The summed E-state index contributed by atoms with van der Waals surface area (Å²) in [6.07, 6.45) is -5.00. The molecule has 25 heavy (non-hydrogen) atoms. The van der Waals surface area contributed by atoms with Gasteiger partial charge in [0, 0.05) is 12.3 Å². The lowest BCUT2D eigenvalue weighted by Crippen LogP contribution is -2.37. The van der Waals surface area contributed by atoms with Gasteiger partial charge in [-0.3, -0.25) is 23.5 Å². The Bertz CT molecular complexity index is 829. The molecule has 0 aromatic carbocycles. The van der Waals surface area contributed by atoms with E-state index in [1.54, 1.807) is 0 Å². The molecule has 15 heteroatoms. The van der Waals surface area contributed by atoms with Gasteiger partial charge in [0.25, 0.3) is 5.56 Å². The topological polar surface area (TPSA) is 209 Å². The molecular formula is C10H16N2O11P2. The van der Waals surface area contributed by atoms with Gasteiger partial charge in [-0.2, -0.15) is 0 Å². The molecule has 1 saturated heterocycles. The SMILES string of the molecule is O=c1ccn([C@@H]2O[C@H](COP(=O)(O)CP(=O)(O)O)C(O)C2O)c(=O)[nH]1. The summed E-state index contributed by atoms with van der Waals surface area (Å²) in [6.45, 7) is -0.777. The first-order chi connectivity index (χ1) is 11.4. The predicted octanol–water partition coefficient (Wildman–Crippen LogP) is -2.51. The van der Waals surface area contributed by atoms with Crippen LogP contribution in [0.1, 0.15) is 6.23 Å². The van der Waals surface area contributed by atoms with Gasteiger partial charge in [0.2, 0.25) is 0 Å². The molecule has 0 spiro atoms. The van der Waals surface area contributed by atoms with Crippen LogP contribution in [-0.4, -0.2) is 65.3 Å². The molecule has 0 aliphatic carbocycles. The van der Waals surface area contributed by atoms with Crippen LogP contribution < -0.4 is 11.2 Å². The fourth-order valence-corrected chi connectivity index (χ4v) is 4.76. The molecule has 0 amide bonds. The Morgan fingerprint density at radius 1 is 1.20 bits per heavy atom. The Morgan fingerprint density at radius 2 is 1.84 bits per heavy atom. The second-order valence-corrected chi connectivity index (χ2v) is 9.30. The molecule has 1 fully saturated rings. The van der Waals surface area contributed by atoms with Crippen LogP contribution in [0.3, 0.4) is 0 Å². The van der Waals surface area contributed by atoms with Crippen molar-refractivity contribution in [2.75, 3.05) is 12.5 Å². The van der Waals surface area contributed by atoms with Gasteiger partial charge in [-0.25, -0.2) is 4.79 Å². The number of ether oxygens (including phenoxy) is 1. The van der Waals surface area contributed by atoms with E-state index in [1.165, 1.54) is 0 Å². The maximum atomic E-state index is 11.7. The third-order valence-corrected chi connectivity index (χ3v) is 6.72. The maximum Gasteiger partial charge on any atom is 0.340 e. The smallest absolute Gasteiger partial charge is 0.340 e. The van der Waals surface area contributed by atoms with E-state index in [0.29, 0.717) is 0 Å². The summed E-state index contributed by atoms with van der Waals surface area (Å²) >= 11 is 0. The van der Waals surface area contributed by atoms with Crippen LogP contribution in [0.15, 0.2) is 21.9 Å². The van der Waals surface area contributed by atoms with Gasteiger partial charge in [-0.1, -0.05) is 0 Å². The molecule has 6 N–H and O–H groups in total. The Kier molecular flexibility index (Phi) is 5.84. The van der Waals surface area contributed by atoms with Gasteiger partial charge < -0.3 is 34.2 Å². The van der Waals surface area contributed by atoms with E-state index in [4.69, 9.17) is 14.5 Å². The number of hydrogen-bond donors (Lipinski definition) is 6. The Balaban J connectivity index is 2.09. The van der Waals surface area contributed by atoms with Crippen molar-refractivity contribution in [1.29, 1.82) is 0 Å². The first kappa shape index (κ1) is 20.2. The van der Waals surface area contributed by atoms with Crippen molar-refractivity contribution in [2.24, 2.45) is 0 Å². The summed E-state index contributed by atoms with van der Waals surface area (Å²) in [7, 11) is -9.49. The lowest BCUT2D eigenvalue weighted by atomic mass is 10.1. The minimum absolute atomic E-state index is 0.687. The third-order valence-electron chi connectivity index (χ3n) is 3.27. The summed E-state index contributed by atoms with van der Waals surface area (Å²) in [6, 6.07) is 0.982. The molecule has 3 unspecified atom stereocenters. The van der Waals surface area contributed by atoms with Gasteiger partial charge in [0.1, 0.15) is 18.3 Å². The molecule has 5 atom stereocenters. The second-order valence-electron chi connectivity index (χ2n) is 5.30. The monoisotopic (exact) mass is 402 g/mol. The van der Waals surface area contributed by atoms with Gasteiger partial charge in [0.05, 0.1) is 6.61 Å². The average Bonchev–Trinajstić information content (AvgIpc) is 2.71. The number of aromatic nitrogens is 2. The predicted molar refractivity (Wildman–Crippen MR) is 79.9 cm³/mol. The molecule has 1 aliphatic rings. The van der Waals surface area contributed by atoms with Crippen molar-refractivity contribution in [3.8, 4) is 0 Å². The van der Waals surface area contributed by atoms with E-state index in [0.717, 1.165) is 16.8 Å². The molecule has 0 saturated carbocycles. The highest BCUT2D eigenvalue weighted by Crippen LogP contribution is 2.55. The first-order valence-electron chi connectivity index (χ1n) is 6.74. The summed E-state index contributed by atoms with van der Waals surface area (Å²) in [5.41, 5.74) is -1.60. The largest absolute Gasteiger partial charge is 0.387 e. The molecule has 0 bridgehead atoms. The normalized spacial score (nSPS) is 29.5. The molecule has 1 aliphatic heterocycles. The second kappa shape index (κ2) is 7.23. The van der Waals surface area contributed by atoms with Crippen LogP contribution in [0.4, 0.5) is 0 Å². The third kappa shape index (κ3) is 5.17. The van der Waals surface area contributed by atoms with E-state index in [1.807, 2.05) is 4.98 Å². The standard InChI is InChI=1S/C10H16N2O11P2/c13-6-1-2-12(10(16)11-6)9-8(15)7(14)5(23-9)3-22-25(20,21)4-24(17,18)19/h1-2,5,7-9,14-15H,3-4H2,(H,20,21)(H,11,13,16)(H2,17,18,19)/t5-,7?,8?,9-/m1/s1. The van der Waals surface area contributed by atoms with Crippen LogP contribution in [0, 0.1) is 0 Å². The van der Waals surface area contributed by atoms with Crippen LogP contribution >= 0.6 is 15.2 Å². The zero-order valence-corrected chi connectivity index (χ0v) is 14.2. The van der Waals surface area contributed by atoms with E-state index in [-0.39, 0.29) is 0 Å². The molecule has 1 aromatic rings. The zero-order chi connectivity index (χ0) is 19.0. The number of aliphatic hydroxyl groups is 2. The van der Waals surface area contributed by atoms with Crippen LogP contribution in [-0.2, 0) is 18.4 Å². The number of nitrogens with zero attached hydrogens (tertiary/aromatic N) is 1. The summed E-state index contributed by atoms with van der Waals surface area (Å²) in [5, 5.41) is 19.8. The summed E-state index contributed by atoms with van der Waals surface area (Å²) in [5.74, 6) is -1.42.